The van der Waals surface area contributed by atoms with Crippen molar-refractivity contribution in [2.75, 3.05) is 26.8 Å². The highest BCUT2D eigenvalue weighted by Gasteiger charge is 2.38. The van der Waals surface area contributed by atoms with Crippen molar-refractivity contribution in [3.8, 4) is 0 Å². The number of benzene rings is 1. The molecule has 0 spiro atoms. The Balaban J connectivity index is 1.96. The van der Waals surface area contributed by atoms with Crippen LogP contribution in [0.1, 0.15) is 25.3 Å². The van der Waals surface area contributed by atoms with E-state index in [2.05, 4.69) is 11.8 Å². The van der Waals surface area contributed by atoms with Gasteiger partial charge in [0.25, 0.3) is 0 Å². The zero-order valence-corrected chi connectivity index (χ0v) is 13.4. The van der Waals surface area contributed by atoms with Gasteiger partial charge in [0.05, 0.1) is 5.60 Å². The minimum absolute atomic E-state index is 0.167. The molecule has 118 valence electrons. The van der Waals surface area contributed by atoms with Crippen molar-refractivity contribution in [3.05, 3.63) is 34.6 Å². The number of piperidine rings is 1. The van der Waals surface area contributed by atoms with Gasteiger partial charge in [-0.2, -0.15) is 0 Å². The molecule has 1 aromatic carbocycles. The fourth-order valence-electron chi connectivity index (χ4n) is 2.93. The molecule has 0 amide bonds. The summed E-state index contributed by atoms with van der Waals surface area (Å²) in [5.74, 6) is -0.148. The topological polar surface area (TPSA) is 32.7 Å². The number of methoxy groups -OCH3 is 1. The minimum Gasteiger partial charge on any atom is -0.389 e. The largest absolute Gasteiger partial charge is 0.389 e. The molecular formula is C16H23ClFNO2. The monoisotopic (exact) mass is 315 g/mol. The Morgan fingerprint density at radius 2 is 2.29 bits per heavy atom. The highest BCUT2D eigenvalue weighted by Crippen LogP contribution is 2.32. The third-order valence-corrected chi connectivity index (χ3v) is 4.81. The maximum atomic E-state index is 13.1. The summed E-state index contributed by atoms with van der Waals surface area (Å²) in [5, 5.41) is 11.1. The standard InChI is InChI=1S/C16H23ClFNO2/c1-12-10-19(7-5-16(12,20)6-8-21-2)11-13-3-4-14(18)9-15(13)17/h3-4,9,12,20H,5-8,10-11H2,1-2H3/t12-,16-/m0/s1. The van der Waals surface area contributed by atoms with E-state index in [-0.39, 0.29) is 11.7 Å². The molecule has 1 fully saturated rings. The van der Waals surface area contributed by atoms with Crippen LogP contribution in [0, 0.1) is 11.7 Å². The van der Waals surface area contributed by atoms with Crippen molar-refractivity contribution in [1.82, 2.24) is 4.90 Å². The average molecular weight is 316 g/mol. The maximum absolute atomic E-state index is 13.1. The fraction of sp³-hybridized carbons (Fsp3) is 0.625. The van der Waals surface area contributed by atoms with Crippen molar-refractivity contribution < 1.29 is 14.2 Å². The van der Waals surface area contributed by atoms with Crippen molar-refractivity contribution in [3.63, 3.8) is 0 Å². The van der Waals surface area contributed by atoms with Gasteiger partial charge in [-0.3, -0.25) is 4.90 Å². The van der Waals surface area contributed by atoms with E-state index in [9.17, 15) is 9.50 Å². The van der Waals surface area contributed by atoms with Crippen LogP contribution in [-0.2, 0) is 11.3 Å². The third kappa shape index (κ3) is 4.16. The molecule has 3 nitrogen and oxygen atoms in total. The van der Waals surface area contributed by atoms with E-state index >= 15 is 0 Å². The lowest BCUT2D eigenvalue weighted by Gasteiger charge is -2.43. The normalized spacial score (nSPS) is 27.0. The predicted molar refractivity (Wildman–Crippen MR) is 81.9 cm³/mol. The van der Waals surface area contributed by atoms with Crippen molar-refractivity contribution >= 4 is 11.6 Å². The number of nitrogens with zero attached hydrogens (tertiary/aromatic N) is 1. The third-order valence-electron chi connectivity index (χ3n) is 4.46. The summed E-state index contributed by atoms with van der Waals surface area (Å²) in [7, 11) is 1.65. The molecule has 2 atom stereocenters. The fourth-order valence-corrected chi connectivity index (χ4v) is 3.16. The quantitative estimate of drug-likeness (QED) is 0.906. The minimum atomic E-state index is -0.654. The first-order valence-electron chi connectivity index (χ1n) is 7.32. The van der Waals surface area contributed by atoms with Gasteiger partial charge in [0, 0.05) is 38.4 Å². The van der Waals surface area contributed by atoms with Crippen LogP contribution in [-0.4, -0.2) is 42.4 Å². The number of hydrogen-bond acceptors (Lipinski definition) is 3. The molecule has 0 bridgehead atoms. The highest BCUT2D eigenvalue weighted by atomic mass is 35.5. The zero-order chi connectivity index (χ0) is 15.5. The molecular weight excluding hydrogens is 293 g/mol. The average Bonchev–Trinajstić information content (AvgIpc) is 2.44. The van der Waals surface area contributed by atoms with Crippen molar-refractivity contribution in [2.45, 2.75) is 31.9 Å². The van der Waals surface area contributed by atoms with Gasteiger partial charge in [0.15, 0.2) is 0 Å². The Labute approximate surface area is 130 Å². The van der Waals surface area contributed by atoms with Crippen LogP contribution < -0.4 is 0 Å². The van der Waals surface area contributed by atoms with Crippen LogP contribution in [0.3, 0.4) is 0 Å². The van der Waals surface area contributed by atoms with E-state index < -0.39 is 5.60 Å². The first kappa shape index (κ1) is 16.7. The molecule has 1 N–H and O–H groups in total. The lowest BCUT2D eigenvalue weighted by atomic mass is 9.80. The predicted octanol–water partition coefficient (Wildman–Crippen LogP) is 3.09. The van der Waals surface area contributed by atoms with Gasteiger partial charge in [0.2, 0.25) is 0 Å². The molecule has 0 unspecified atom stereocenters. The molecule has 21 heavy (non-hydrogen) atoms. The lowest BCUT2D eigenvalue weighted by molar-refractivity contribution is -0.0827. The second-order valence-electron chi connectivity index (χ2n) is 5.97. The zero-order valence-electron chi connectivity index (χ0n) is 12.6. The van der Waals surface area contributed by atoms with E-state index in [0.717, 1.165) is 25.1 Å². The maximum Gasteiger partial charge on any atom is 0.124 e. The van der Waals surface area contributed by atoms with Crippen molar-refractivity contribution in [2.24, 2.45) is 5.92 Å². The second kappa shape index (κ2) is 7.05. The first-order valence-corrected chi connectivity index (χ1v) is 7.70. The van der Waals surface area contributed by atoms with Gasteiger partial charge in [-0.25, -0.2) is 4.39 Å². The summed E-state index contributed by atoms with van der Waals surface area (Å²) in [4.78, 5) is 2.26. The van der Waals surface area contributed by atoms with Gasteiger partial charge in [-0.15, -0.1) is 0 Å². The Hall–Kier alpha value is -0.680. The molecule has 1 heterocycles. The molecule has 1 aliphatic rings. The van der Waals surface area contributed by atoms with E-state index in [1.54, 1.807) is 13.2 Å². The molecule has 0 aromatic heterocycles. The Morgan fingerprint density at radius 3 is 2.90 bits per heavy atom. The highest BCUT2D eigenvalue weighted by molar-refractivity contribution is 6.31. The van der Waals surface area contributed by atoms with Gasteiger partial charge < -0.3 is 9.84 Å². The number of aliphatic hydroxyl groups is 1. The van der Waals surface area contributed by atoms with Gasteiger partial charge in [0.1, 0.15) is 5.82 Å². The molecule has 5 heteroatoms. The van der Waals surface area contributed by atoms with Crippen LogP contribution in [0.2, 0.25) is 5.02 Å². The van der Waals surface area contributed by atoms with Gasteiger partial charge >= 0.3 is 0 Å². The Bertz CT molecular complexity index is 485. The lowest BCUT2D eigenvalue weighted by Crippen LogP contribution is -2.51. The van der Waals surface area contributed by atoms with Crippen LogP contribution in [0.5, 0.6) is 0 Å². The van der Waals surface area contributed by atoms with Gasteiger partial charge in [-0.1, -0.05) is 24.6 Å². The molecule has 1 aliphatic heterocycles. The van der Waals surface area contributed by atoms with E-state index in [1.807, 2.05) is 0 Å². The van der Waals surface area contributed by atoms with Crippen LogP contribution >= 0.6 is 11.6 Å². The summed E-state index contributed by atoms with van der Waals surface area (Å²) in [6.45, 7) is 4.93. The molecule has 2 rings (SSSR count). The SMILES string of the molecule is COCC[C@@]1(O)CCN(Cc2ccc(F)cc2Cl)C[C@@H]1C. The molecule has 1 saturated heterocycles. The molecule has 1 aromatic rings. The second-order valence-corrected chi connectivity index (χ2v) is 6.38. The smallest absolute Gasteiger partial charge is 0.124 e. The Kier molecular flexibility index (Phi) is 5.60. The van der Waals surface area contributed by atoms with E-state index in [0.29, 0.717) is 24.6 Å². The number of halogens is 2. The van der Waals surface area contributed by atoms with Gasteiger partial charge in [-0.05, 0) is 36.5 Å². The summed E-state index contributed by atoms with van der Waals surface area (Å²) in [6.07, 6.45) is 1.38. The van der Waals surface area contributed by atoms with Crippen LogP contribution in [0.4, 0.5) is 4.39 Å². The molecule has 0 saturated carbocycles. The van der Waals surface area contributed by atoms with Crippen molar-refractivity contribution in [1.29, 1.82) is 0 Å². The van der Waals surface area contributed by atoms with E-state index in [1.165, 1.54) is 12.1 Å². The number of ether oxygens (including phenoxy) is 1. The number of hydrogen-bond donors (Lipinski definition) is 1. The first-order chi connectivity index (χ1) is 9.94. The summed E-state index contributed by atoms with van der Waals surface area (Å²) in [6, 6.07) is 4.51. The van der Waals surface area contributed by atoms with Crippen LogP contribution in [0.25, 0.3) is 0 Å². The summed E-state index contributed by atoms with van der Waals surface area (Å²) in [5.41, 5.74) is 0.270. The van der Waals surface area contributed by atoms with Crippen LogP contribution in [0.15, 0.2) is 18.2 Å². The Morgan fingerprint density at radius 1 is 1.52 bits per heavy atom. The van der Waals surface area contributed by atoms with E-state index in [4.69, 9.17) is 16.3 Å². The molecule has 0 aliphatic carbocycles. The summed E-state index contributed by atoms with van der Waals surface area (Å²) < 4.78 is 18.1. The number of rotatable bonds is 5. The molecule has 0 radical (unpaired) electrons. The summed E-state index contributed by atoms with van der Waals surface area (Å²) >= 11 is 6.08. The number of likely N-dealkylation sites (tertiary alicyclic amines) is 1.